The summed E-state index contributed by atoms with van der Waals surface area (Å²) in [4.78, 5) is 4.33. The van der Waals surface area contributed by atoms with Crippen molar-refractivity contribution in [3.8, 4) is 6.07 Å². The van der Waals surface area contributed by atoms with E-state index in [1.807, 2.05) is 6.92 Å². The zero-order valence-electron chi connectivity index (χ0n) is 10.9. The molecule has 0 radical (unpaired) electrons. The van der Waals surface area contributed by atoms with Crippen LogP contribution in [-0.2, 0) is 12.2 Å². The van der Waals surface area contributed by atoms with E-state index in [-0.39, 0.29) is 10.7 Å². The van der Waals surface area contributed by atoms with Crippen molar-refractivity contribution < 1.29 is 4.52 Å². The SMILES string of the molecule is CC(CC#N)Cc1nc(CSC(C)(C)C)no1. The maximum atomic E-state index is 8.57. The van der Waals surface area contributed by atoms with Gasteiger partial charge in [0.25, 0.3) is 0 Å². The number of aromatic nitrogens is 2. The summed E-state index contributed by atoms with van der Waals surface area (Å²) in [7, 11) is 0. The summed E-state index contributed by atoms with van der Waals surface area (Å²) in [6.07, 6.45) is 1.20. The molecule has 0 aliphatic heterocycles. The van der Waals surface area contributed by atoms with Crippen LogP contribution in [0.15, 0.2) is 4.52 Å². The molecule has 1 unspecified atom stereocenters. The molecule has 0 saturated carbocycles. The molecule has 0 aromatic carbocycles. The van der Waals surface area contributed by atoms with Crippen molar-refractivity contribution in [3.05, 3.63) is 11.7 Å². The number of hydrogen-bond acceptors (Lipinski definition) is 5. The van der Waals surface area contributed by atoms with Crippen LogP contribution in [0.3, 0.4) is 0 Å². The van der Waals surface area contributed by atoms with E-state index in [0.717, 1.165) is 11.6 Å². The molecule has 0 saturated heterocycles. The lowest BCUT2D eigenvalue weighted by molar-refractivity contribution is 0.356. The molecule has 1 rings (SSSR count). The monoisotopic (exact) mass is 253 g/mol. The highest BCUT2D eigenvalue weighted by Crippen LogP contribution is 2.26. The maximum absolute atomic E-state index is 8.57. The molecule has 0 aliphatic rings. The quantitative estimate of drug-likeness (QED) is 0.806. The molecule has 0 fully saturated rings. The van der Waals surface area contributed by atoms with Crippen LogP contribution in [0.25, 0.3) is 0 Å². The van der Waals surface area contributed by atoms with E-state index in [4.69, 9.17) is 9.78 Å². The summed E-state index contributed by atoms with van der Waals surface area (Å²) in [5.74, 6) is 2.41. The smallest absolute Gasteiger partial charge is 0.226 e. The Hall–Kier alpha value is -1.02. The topological polar surface area (TPSA) is 62.7 Å². The second kappa shape index (κ2) is 6.06. The molecule has 1 atom stereocenters. The molecular weight excluding hydrogens is 234 g/mol. The van der Waals surface area contributed by atoms with Crippen LogP contribution < -0.4 is 0 Å². The molecule has 0 aliphatic carbocycles. The van der Waals surface area contributed by atoms with Crippen molar-refractivity contribution in [1.29, 1.82) is 5.26 Å². The normalized spacial score (nSPS) is 13.4. The summed E-state index contributed by atoms with van der Waals surface area (Å²) >= 11 is 1.79. The Morgan fingerprint density at radius 1 is 1.47 bits per heavy atom. The maximum Gasteiger partial charge on any atom is 0.226 e. The highest BCUT2D eigenvalue weighted by Gasteiger charge is 2.15. The third-order valence-corrected chi connectivity index (χ3v) is 3.38. The van der Waals surface area contributed by atoms with Gasteiger partial charge in [0.2, 0.25) is 5.89 Å². The predicted molar refractivity (Wildman–Crippen MR) is 68.4 cm³/mol. The lowest BCUT2D eigenvalue weighted by atomic mass is 10.1. The average molecular weight is 253 g/mol. The molecule has 0 spiro atoms. The van der Waals surface area contributed by atoms with Gasteiger partial charge in [-0.3, -0.25) is 0 Å². The molecule has 17 heavy (non-hydrogen) atoms. The third kappa shape index (κ3) is 5.73. The molecule has 1 aromatic rings. The first-order valence-electron chi connectivity index (χ1n) is 5.73. The van der Waals surface area contributed by atoms with Gasteiger partial charge in [0.05, 0.1) is 11.8 Å². The second-order valence-corrected chi connectivity index (χ2v) is 6.98. The fraction of sp³-hybridized carbons (Fsp3) is 0.750. The van der Waals surface area contributed by atoms with E-state index in [1.54, 1.807) is 11.8 Å². The zero-order valence-corrected chi connectivity index (χ0v) is 11.7. The van der Waals surface area contributed by atoms with Crippen LogP contribution in [0.4, 0.5) is 0 Å². The van der Waals surface area contributed by atoms with Gasteiger partial charge in [-0.15, -0.1) is 11.8 Å². The van der Waals surface area contributed by atoms with Crippen LogP contribution in [0.5, 0.6) is 0 Å². The Morgan fingerprint density at radius 3 is 2.76 bits per heavy atom. The van der Waals surface area contributed by atoms with Gasteiger partial charge in [0.1, 0.15) is 0 Å². The van der Waals surface area contributed by atoms with Gasteiger partial charge in [-0.2, -0.15) is 10.2 Å². The number of thioether (sulfide) groups is 1. The van der Waals surface area contributed by atoms with Crippen LogP contribution in [0.2, 0.25) is 0 Å². The van der Waals surface area contributed by atoms with Crippen LogP contribution in [-0.4, -0.2) is 14.9 Å². The van der Waals surface area contributed by atoms with Crippen molar-refractivity contribution in [2.75, 3.05) is 0 Å². The lowest BCUT2D eigenvalue weighted by Crippen LogP contribution is -2.08. The van der Waals surface area contributed by atoms with Crippen molar-refractivity contribution in [3.63, 3.8) is 0 Å². The molecule has 0 N–H and O–H groups in total. The summed E-state index contributed by atoms with van der Waals surface area (Å²) in [5, 5.41) is 12.5. The van der Waals surface area contributed by atoms with Crippen LogP contribution in [0, 0.1) is 17.2 Å². The Kier molecular flexibility index (Phi) is 5.01. The van der Waals surface area contributed by atoms with Crippen LogP contribution in [0.1, 0.15) is 45.8 Å². The van der Waals surface area contributed by atoms with E-state index in [0.29, 0.717) is 18.7 Å². The molecule has 94 valence electrons. The van der Waals surface area contributed by atoms with E-state index >= 15 is 0 Å². The van der Waals surface area contributed by atoms with Crippen molar-refractivity contribution >= 4 is 11.8 Å². The Morgan fingerprint density at radius 2 is 2.18 bits per heavy atom. The molecule has 5 heteroatoms. The predicted octanol–water partition coefficient (Wildman–Crippen LogP) is 3.19. The van der Waals surface area contributed by atoms with Crippen molar-refractivity contribution in [2.45, 2.75) is 51.0 Å². The minimum Gasteiger partial charge on any atom is -0.339 e. The summed E-state index contributed by atoms with van der Waals surface area (Å²) in [5.41, 5.74) is 0. The summed E-state index contributed by atoms with van der Waals surface area (Å²) in [6.45, 7) is 8.49. The van der Waals surface area contributed by atoms with Gasteiger partial charge >= 0.3 is 0 Å². The first-order valence-corrected chi connectivity index (χ1v) is 6.71. The fourth-order valence-corrected chi connectivity index (χ4v) is 1.92. The van der Waals surface area contributed by atoms with Gasteiger partial charge in [-0.05, 0) is 5.92 Å². The van der Waals surface area contributed by atoms with E-state index < -0.39 is 0 Å². The summed E-state index contributed by atoms with van der Waals surface area (Å²) in [6, 6.07) is 2.15. The minimum absolute atomic E-state index is 0.203. The highest BCUT2D eigenvalue weighted by molar-refractivity contribution is 7.99. The Labute approximate surface area is 107 Å². The van der Waals surface area contributed by atoms with Gasteiger partial charge < -0.3 is 4.52 Å². The van der Waals surface area contributed by atoms with Gasteiger partial charge in [0.15, 0.2) is 5.82 Å². The largest absolute Gasteiger partial charge is 0.339 e. The second-order valence-electron chi connectivity index (χ2n) is 5.18. The number of nitrogens with zero attached hydrogens (tertiary/aromatic N) is 3. The lowest BCUT2D eigenvalue weighted by Gasteiger charge is -2.15. The average Bonchev–Trinajstić information content (AvgIpc) is 2.62. The number of hydrogen-bond donors (Lipinski definition) is 0. The van der Waals surface area contributed by atoms with Crippen LogP contribution >= 0.6 is 11.8 Å². The van der Waals surface area contributed by atoms with E-state index in [2.05, 4.69) is 37.0 Å². The van der Waals surface area contributed by atoms with Crippen molar-refractivity contribution in [2.24, 2.45) is 5.92 Å². The number of rotatable bonds is 5. The van der Waals surface area contributed by atoms with E-state index in [9.17, 15) is 0 Å². The highest BCUT2D eigenvalue weighted by atomic mass is 32.2. The van der Waals surface area contributed by atoms with Gasteiger partial charge in [-0.1, -0.05) is 32.9 Å². The first kappa shape index (κ1) is 14.0. The molecule has 0 amide bonds. The minimum atomic E-state index is 0.203. The van der Waals surface area contributed by atoms with Gasteiger partial charge in [0, 0.05) is 17.6 Å². The standard InChI is InChI=1S/C12H19N3OS/c1-9(5-6-13)7-11-14-10(15-16-11)8-17-12(2,3)4/h9H,5,7-8H2,1-4H3. The molecular formula is C12H19N3OS. The van der Waals surface area contributed by atoms with E-state index in [1.165, 1.54) is 0 Å². The Bertz CT molecular complexity index is 389. The molecule has 1 heterocycles. The van der Waals surface area contributed by atoms with Crippen molar-refractivity contribution in [1.82, 2.24) is 10.1 Å². The number of nitriles is 1. The first-order chi connectivity index (χ1) is 7.90. The zero-order chi connectivity index (χ0) is 12.9. The molecule has 0 bridgehead atoms. The van der Waals surface area contributed by atoms with Gasteiger partial charge in [-0.25, -0.2) is 0 Å². The summed E-state index contributed by atoms with van der Waals surface area (Å²) < 4.78 is 5.37. The third-order valence-electron chi connectivity index (χ3n) is 2.11. The fourth-order valence-electron chi connectivity index (χ4n) is 1.24. The Balaban J connectivity index is 2.46. The molecule has 4 nitrogen and oxygen atoms in total. The molecule has 1 aromatic heterocycles.